The maximum absolute atomic E-state index is 12.1. The fourth-order valence-electron chi connectivity index (χ4n) is 1.87. The molecule has 0 aromatic carbocycles. The second-order valence-electron chi connectivity index (χ2n) is 4.53. The zero-order chi connectivity index (χ0) is 14.1. The van der Waals surface area contributed by atoms with Crippen LogP contribution in [-0.2, 0) is 12.8 Å². The molecule has 0 aliphatic carbocycles. The standard InChI is InChI=1S/C13H13N5OS/c1-9-3-4-11-15-10(5-12(19)18(11)6-9)7-20-13-16-14-8-17(13)2/h3-6,8H,7H2,1-2H3. The second-order valence-corrected chi connectivity index (χ2v) is 5.48. The number of rotatable bonds is 3. The molecule has 0 bridgehead atoms. The third-order valence-corrected chi connectivity index (χ3v) is 3.95. The fourth-order valence-corrected chi connectivity index (χ4v) is 2.65. The summed E-state index contributed by atoms with van der Waals surface area (Å²) in [5.41, 5.74) is 2.37. The van der Waals surface area contributed by atoms with Crippen LogP contribution in [0.2, 0.25) is 0 Å². The Hall–Kier alpha value is -2.15. The van der Waals surface area contributed by atoms with Crippen LogP contribution in [0.15, 0.2) is 40.7 Å². The van der Waals surface area contributed by atoms with Crippen LogP contribution >= 0.6 is 11.8 Å². The minimum Gasteiger partial charge on any atom is -0.312 e. The lowest BCUT2D eigenvalue weighted by Gasteiger charge is -2.04. The normalized spacial score (nSPS) is 11.1. The number of aromatic nitrogens is 5. The number of fused-ring (bicyclic) bond motifs is 1. The molecule has 0 fully saturated rings. The van der Waals surface area contributed by atoms with Gasteiger partial charge in [0.05, 0.1) is 5.69 Å². The van der Waals surface area contributed by atoms with Gasteiger partial charge in [0.25, 0.3) is 5.56 Å². The van der Waals surface area contributed by atoms with Gasteiger partial charge in [-0.3, -0.25) is 9.20 Å². The van der Waals surface area contributed by atoms with Gasteiger partial charge in [0, 0.05) is 25.1 Å². The van der Waals surface area contributed by atoms with Crippen molar-refractivity contribution >= 4 is 17.4 Å². The summed E-state index contributed by atoms with van der Waals surface area (Å²) in [5, 5.41) is 8.61. The van der Waals surface area contributed by atoms with E-state index in [1.807, 2.05) is 30.7 Å². The molecule has 102 valence electrons. The molecule has 0 saturated heterocycles. The molecule has 3 heterocycles. The van der Waals surface area contributed by atoms with E-state index in [-0.39, 0.29) is 5.56 Å². The quantitative estimate of drug-likeness (QED) is 0.682. The summed E-state index contributed by atoms with van der Waals surface area (Å²) in [5.74, 6) is 0.589. The molecule has 7 heteroatoms. The molecule has 3 aromatic heterocycles. The molecule has 6 nitrogen and oxygen atoms in total. The average molecular weight is 287 g/mol. The van der Waals surface area contributed by atoms with E-state index in [0.717, 1.165) is 16.4 Å². The number of thioether (sulfide) groups is 1. The molecule has 0 amide bonds. The van der Waals surface area contributed by atoms with E-state index in [2.05, 4.69) is 15.2 Å². The predicted molar refractivity (Wildman–Crippen MR) is 76.8 cm³/mol. The highest BCUT2D eigenvalue weighted by Gasteiger charge is 2.06. The first kappa shape index (κ1) is 12.9. The highest BCUT2D eigenvalue weighted by atomic mass is 32.2. The van der Waals surface area contributed by atoms with Crippen molar-refractivity contribution in [1.29, 1.82) is 0 Å². The fraction of sp³-hybridized carbons (Fsp3) is 0.231. The first-order chi connectivity index (χ1) is 9.63. The molecule has 0 aliphatic rings. The summed E-state index contributed by atoms with van der Waals surface area (Å²) >= 11 is 1.51. The largest absolute Gasteiger partial charge is 0.312 e. The van der Waals surface area contributed by atoms with Crippen LogP contribution in [0.25, 0.3) is 5.65 Å². The van der Waals surface area contributed by atoms with Gasteiger partial charge in [-0.1, -0.05) is 17.8 Å². The maximum atomic E-state index is 12.1. The van der Waals surface area contributed by atoms with Gasteiger partial charge in [0.1, 0.15) is 12.0 Å². The van der Waals surface area contributed by atoms with Crippen LogP contribution in [0.5, 0.6) is 0 Å². The molecule has 0 N–H and O–H groups in total. The molecule has 20 heavy (non-hydrogen) atoms. The highest BCUT2D eigenvalue weighted by Crippen LogP contribution is 2.18. The Labute approximate surface area is 119 Å². The summed E-state index contributed by atoms with van der Waals surface area (Å²) in [7, 11) is 1.88. The minimum atomic E-state index is -0.0627. The smallest absolute Gasteiger partial charge is 0.258 e. The molecule has 0 atom stereocenters. The Morgan fingerprint density at radius 1 is 1.35 bits per heavy atom. The van der Waals surface area contributed by atoms with E-state index in [1.165, 1.54) is 11.8 Å². The van der Waals surface area contributed by atoms with Crippen molar-refractivity contribution in [3.05, 3.63) is 52.3 Å². The maximum Gasteiger partial charge on any atom is 0.258 e. The van der Waals surface area contributed by atoms with Crippen LogP contribution in [0.1, 0.15) is 11.3 Å². The average Bonchev–Trinajstić information content (AvgIpc) is 2.83. The Bertz CT molecular complexity index is 823. The Morgan fingerprint density at radius 2 is 2.20 bits per heavy atom. The van der Waals surface area contributed by atoms with Crippen molar-refractivity contribution in [1.82, 2.24) is 24.1 Å². The molecule has 0 aliphatic heterocycles. The zero-order valence-electron chi connectivity index (χ0n) is 11.1. The summed E-state index contributed by atoms with van der Waals surface area (Å²) < 4.78 is 3.40. The number of hydrogen-bond acceptors (Lipinski definition) is 5. The topological polar surface area (TPSA) is 65.1 Å². The van der Waals surface area contributed by atoms with Gasteiger partial charge in [-0.25, -0.2) is 4.98 Å². The van der Waals surface area contributed by atoms with Crippen molar-refractivity contribution in [2.75, 3.05) is 0 Å². The monoisotopic (exact) mass is 287 g/mol. The van der Waals surface area contributed by atoms with Crippen molar-refractivity contribution < 1.29 is 0 Å². The first-order valence-electron chi connectivity index (χ1n) is 6.09. The zero-order valence-corrected chi connectivity index (χ0v) is 12.0. The van der Waals surface area contributed by atoms with Gasteiger partial charge in [0.15, 0.2) is 5.16 Å². The lowest BCUT2D eigenvalue weighted by molar-refractivity contribution is 0.788. The van der Waals surface area contributed by atoms with Crippen LogP contribution < -0.4 is 5.56 Å². The van der Waals surface area contributed by atoms with Crippen LogP contribution in [-0.4, -0.2) is 24.1 Å². The Kier molecular flexibility index (Phi) is 3.27. The van der Waals surface area contributed by atoms with Gasteiger partial charge in [0.2, 0.25) is 0 Å². The number of pyridine rings is 1. The van der Waals surface area contributed by atoms with Gasteiger partial charge in [-0.2, -0.15) is 0 Å². The Morgan fingerprint density at radius 3 is 2.95 bits per heavy atom. The molecule has 3 rings (SSSR count). The molecule has 0 radical (unpaired) electrons. The summed E-state index contributed by atoms with van der Waals surface area (Å²) in [6.07, 6.45) is 3.44. The SMILES string of the molecule is Cc1ccc2nc(CSc3nncn3C)cc(=O)n2c1. The van der Waals surface area contributed by atoms with E-state index < -0.39 is 0 Å². The van der Waals surface area contributed by atoms with E-state index in [4.69, 9.17) is 0 Å². The van der Waals surface area contributed by atoms with Crippen molar-refractivity contribution in [3.8, 4) is 0 Å². The van der Waals surface area contributed by atoms with Gasteiger partial charge in [-0.05, 0) is 18.6 Å². The van der Waals surface area contributed by atoms with Crippen molar-refractivity contribution in [2.24, 2.45) is 7.05 Å². The van der Waals surface area contributed by atoms with E-state index in [1.54, 1.807) is 23.0 Å². The molecule has 0 saturated carbocycles. The second kappa shape index (κ2) is 5.09. The minimum absolute atomic E-state index is 0.0627. The van der Waals surface area contributed by atoms with Gasteiger partial charge in [-0.15, -0.1) is 10.2 Å². The van der Waals surface area contributed by atoms with E-state index in [0.29, 0.717) is 11.4 Å². The van der Waals surface area contributed by atoms with Gasteiger partial charge < -0.3 is 4.57 Å². The summed E-state index contributed by atoms with van der Waals surface area (Å²) in [6, 6.07) is 5.37. The number of aryl methyl sites for hydroxylation is 2. The highest BCUT2D eigenvalue weighted by molar-refractivity contribution is 7.98. The number of hydrogen-bond donors (Lipinski definition) is 0. The predicted octanol–water partition coefficient (Wildman–Crippen LogP) is 1.42. The molecule has 3 aromatic rings. The first-order valence-corrected chi connectivity index (χ1v) is 7.08. The lowest BCUT2D eigenvalue weighted by Crippen LogP contribution is -2.15. The molecular formula is C13H13N5OS. The molecular weight excluding hydrogens is 274 g/mol. The van der Waals surface area contributed by atoms with Crippen LogP contribution in [0.4, 0.5) is 0 Å². The number of nitrogens with zero attached hydrogens (tertiary/aromatic N) is 5. The summed E-state index contributed by atoms with van der Waals surface area (Å²) in [6.45, 7) is 1.95. The van der Waals surface area contributed by atoms with E-state index in [9.17, 15) is 4.79 Å². The van der Waals surface area contributed by atoms with Crippen molar-refractivity contribution in [3.63, 3.8) is 0 Å². The van der Waals surface area contributed by atoms with Crippen LogP contribution in [0.3, 0.4) is 0 Å². The molecule has 0 spiro atoms. The summed E-state index contributed by atoms with van der Waals surface area (Å²) in [4.78, 5) is 16.6. The third kappa shape index (κ3) is 2.44. The third-order valence-electron chi connectivity index (χ3n) is 2.88. The van der Waals surface area contributed by atoms with Crippen molar-refractivity contribution in [2.45, 2.75) is 17.8 Å². The van der Waals surface area contributed by atoms with Gasteiger partial charge >= 0.3 is 0 Å². The Balaban J connectivity index is 1.91. The van der Waals surface area contributed by atoms with E-state index >= 15 is 0 Å². The lowest BCUT2D eigenvalue weighted by atomic mass is 10.3. The van der Waals surface area contributed by atoms with Crippen LogP contribution in [0, 0.1) is 6.92 Å². The molecule has 0 unspecified atom stereocenters.